The normalized spacial score (nSPS) is 24.2. The maximum atomic E-state index is 12.9. The molecule has 2 fully saturated rings. The van der Waals surface area contributed by atoms with Crippen LogP contribution in [-0.2, 0) is 4.74 Å². The molecule has 0 radical (unpaired) electrons. The summed E-state index contributed by atoms with van der Waals surface area (Å²) in [5, 5.41) is 0.571. The van der Waals surface area contributed by atoms with Crippen LogP contribution >= 0.6 is 11.6 Å². The number of Topliss-reactive ketones (excluding diaryl/α,β-unsaturated/α-hetero) is 1. The summed E-state index contributed by atoms with van der Waals surface area (Å²) in [6, 6.07) is 5.24. The quantitative estimate of drug-likeness (QED) is 0.782. The van der Waals surface area contributed by atoms with Crippen molar-refractivity contribution in [1.29, 1.82) is 0 Å². The lowest BCUT2D eigenvalue weighted by atomic mass is 9.80. The highest BCUT2D eigenvalue weighted by molar-refractivity contribution is 6.31. The van der Waals surface area contributed by atoms with Crippen LogP contribution in [-0.4, -0.2) is 25.1 Å². The molecule has 1 aliphatic carbocycles. The first-order chi connectivity index (χ1) is 10.1. The Morgan fingerprint density at radius 3 is 2.86 bits per heavy atom. The van der Waals surface area contributed by atoms with Crippen molar-refractivity contribution in [2.75, 3.05) is 13.7 Å². The lowest BCUT2D eigenvalue weighted by molar-refractivity contribution is -0.0866. The van der Waals surface area contributed by atoms with E-state index in [1.807, 2.05) is 0 Å². The van der Waals surface area contributed by atoms with E-state index in [0.717, 1.165) is 25.7 Å². The zero-order valence-electron chi connectivity index (χ0n) is 12.4. The van der Waals surface area contributed by atoms with E-state index in [1.165, 1.54) is 12.8 Å². The SMILES string of the molecule is COc1ccc(Cl)cc1C(=O)C1CCOC2(CCCC2)C1. The van der Waals surface area contributed by atoms with Gasteiger partial charge in [0.2, 0.25) is 0 Å². The lowest BCUT2D eigenvalue weighted by Gasteiger charge is -2.37. The minimum atomic E-state index is -0.0512. The van der Waals surface area contributed by atoms with Gasteiger partial charge in [-0.25, -0.2) is 0 Å². The van der Waals surface area contributed by atoms with Crippen LogP contribution in [0.25, 0.3) is 0 Å². The van der Waals surface area contributed by atoms with Crippen molar-refractivity contribution in [1.82, 2.24) is 0 Å². The van der Waals surface area contributed by atoms with Crippen molar-refractivity contribution in [2.45, 2.75) is 44.1 Å². The van der Waals surface area contributed by atoms with Gasteiger partial charge in [-0.3, -0.25) is 4.79 Å². The number of hydrogen-bond acceptors (Lipinski definition) is 3. The molecule has 114 valence electrons. The molecular weight excluding hydrogens is 288 g/mol. The van der Waals surface area contributed by atoms with Gasteiger partial charge in [-0.1, -0.05) is 24.4 Å². The second-order valence-electron chi connectivity index (χ2n) is 6.14. The third kappa shape index (κ3) is 2.95. The number of ketones is 1. The number of carbonyl (C=O) groups excluding carboxylic acids is 1. The van der Waals surface area contributed by atoms with Crippen molar-refractivity contribution in [3.8, 4) is 5.75 Å². The molecule has 1 saturated carbocycles. The maximum Gasteiger partial charge on any atom is 0.169 e. The second-order valence-corrected chi connectivity index (χ2v) is 6.57. The maximum absolute atomic E-state index is 12.9. The lowest BCUT2D eigenvalue weighted by Crippen LogP contribution is -2.39. The molecule has 1 saturated heterocycles. The Balaban J connectivity index is 1.83. The van der Waals surface area contributed by atoms with E-state index < -0.39 is 0 Å². The van der Waals surface area contributed by atoms with Gasteiger partial charge in [0.25, 0.3) is 0 Å². The zero-order valence-corrected chi connectivity index (χ0v) is 13.1. The molecule has 1 spiro atoms. The number of methoxy groups -OCH3 is 1. The summed E-state index contributed by atoms with van der Waals surface area (Å²) in [5.74, 6) is 0.768. The molecular formula is C17H21ClO3. The molecule has 1 heterocycles. The third-order valence-corrected chi connectivity index (χ3v) is 5.04. The predicted molar refractivity (Wildman–Crippen MR) is 82.2 cm³/mol. The Hall–Kier alpha value is -1.06. The fourth-order valence-electron chi connectivity index (χ4n) is 3.71. The smallest absolute Gasteiger partial charge is 0.169 e. The topological polar surface area (TPSA) is 35.5 Å². The number of benzene rings is 1. The standard InChI is InChI=1S/C17H21ClO3/c1-20-15-5-4-13(18)10-14(15)16(19)12-6-9-21-17(11-12)7-2-3-8-17/h4-5,10,12H,2-3,6-9,11H2,1H3. The number of carbonyl (C=O) groups is 1. The predicted octanol–water partition coefficient (Wildman–Crippen LogP) is 4.27. The first kappa shape index (κ1) is 14.9. The Bertz CT molecular complexity index is 535. The van der Waals surface area contributed by atoms with Crippen molar-refractivity contribution in [3.05, 3.63) is 28.8 Å². The number of rotatable bonds is 3. The molecule has 0 bridgehead atoms. The van der Waals surface area contributed by atoms with Gasteiger partial charge in [0.05, 0.1) is 18.3 Å². The molecule has 1 atom stereocenters. The summed E-state index contributed by atoms with van der Waals surface area (Å²) < 4.78 is 11.3. The van der Waals surface area contributed by atoms with Crippen molar-refractivity contribution < 1.29 is 14.3 Å². The summed E-state index contributed by atoms with van der Waals surface area (Å²) in [5.41, 5.74) is 0.551. The van der Waals surface area contributed by atoms with Gasteiger partial charge < -0.3 is 9.47 Å². The van der Waals surface area contributed by atoms with E-state index in [2.05, 4.69) is 0 Å². The number of halogens is 1. The van der Waals surface area contributed by atoms with Gasteiger partial charge in [-0.15, -0.1) is 0 Å². The molecule has 3 rings (SSSR count). The first-order valence-corrected chi connectivity index (χ1v) is 8.03. The third-order valence-electron chi connectivity index (χ3n) is 4.81. The van der Waals surface area contributed by atoms with Gasteiger partial charge in [0.15, 0.2) is 5.78 Å². The van der Waals surface area contributed by atoms with Gasteiger partial charge in [-0.05, 0) is 43.9 Å². The number of hydrogen-bond donors (Lipinski definition) is 0. The average molecular weight is 309 g/mol. The minimum absolute atomic E-state index is 0.0178. The van der Waals surface area contributed by atoms with Gasteiger partial charge in [0, 0.05) is 17.5 Å². The molecule has 0 aromatic heterocycles. The van der Waals surface area contributed by atoms with E-state index in [-0.39, 0.29) is 17.3 Å². The van der Waals surface area contributed by atoms with Gasteiger partial charge in [-0.2, -0.15) is 0 Å². The van der Waals surface area contributed by atoms with E-state index in [0.29, 0.717) is 22.9 Å². The summed E-state index contributed by atoms with van der Waals surface area (Å²) >= 11 is 6.04. The summed E-state index contributed by atoms with van der Waals surface area (Å²) in [4.78, 5) is 12.9. The minimum Gasteiger partial charge on any atom is -0.496 e. The van der Waals surface area contributed by atoms with Gasteiger partial charge in [0.1, 0.15) is 5.75 Å². The molecule has 4 heteroatoms. The molecule has 1 aromatic rings. The van der Waals surface area contributed by atoms with Crippen molar-refractivity contribution in [2.24, 2.45) is 5.92 Å². The van der Waals surface area contributed by atoms with Crippen LogP contribution in [0.2, 0.25) is 5.02 Å². The summed E-state index contributed by atoms with van der Waals surface area (Å²) in [6.45, 7) is 0.680. The van der Waals surface area contributed by atoms with E-state index in [4.69, 9.17) is 21.1 Å². The highest BCUT2D eigenvalue weighted by Gasteiger charge is 2.42. The van der Waals surface area contributed by atoms with Crippen LogP contribution in [0.15, 0.2) is 18.2 Å². The van der Waals surface area contributed by atoms with Crippen LogP contribution in [0, 0.1) is 5.92 Å². The Labute approximate surface area is 130 Å². The fourth-order valence-corrected chi connectivity index (χ4v) is 3.88. The molecule has 1 unspecified atom stereocenters. The Morgan fingerprint density at radius 1 is 1.38 bits per heavy atom. The largest absolute Gasteiger partial charge is 0.496 e. The van der Waals surface area contributed by atoms with Crippen LogP contribution in [0.1, 0.15) is 48.9 Å². The highest BCUT2D eigenvalue weighted by Crippen LogP contribution is 2.43. The molecule has 2 aliphatic rings. The average Bonchev–Trinajstić information content (AvgIpc) is 2.94. The summed E-state index contributed by atoms with van der Waals surface area (Å²) in [6.07, 6.45) is 6.22. The molecule has 3 nitrogen and oxygen atoms in total. The van der Waals surface area contributed by atoms with Crippen LogP contribution in [0.4, 0.5) is 0 Å². The van der Waals surface area contributed by atoms with Crippen LogP contribution in [0.5, 0.6) is 5.75 Å². The molecule has 21 heavy (non-hydrogen) atoms. The van der Waals surface area contributed by atoms with Crippen LogP contribution in [0.3, 0.4) is 0 Å². The Kier molecular flexibility index (Phi) is 4.23. The van der Waals surface area contributed by atoms with Crippen LogP contribution < -0.4 is 4.74 Å². The molecule has 1 aliphatic heterocycles. The number of ether oxygens (including phenoxy) is 2. The van der Waals surface area contributed by atoms with E-state index >= 15 is 0 Å². The Morgan fingerprint density at radius 2 is 2.14 bits per heavy atom. The fraction of sp³-hybridized carbons (Fsp3) is 0.588. The molecule has 1 aromatic carbocycles. The molecule has 0 amide bonds. The van der Waals surface area contributed by atoms with Crippen molar-refractivity contribution in [3.63, 3.8) is 0 Å². The van der Waals surface area contributed by atoms with Gasteiger partial charge >= 0.3 is 0 Å². The van der Waals surface area contributed by atoms with Crippen molar-refractivity contribution >= 4 is 17.4 Å². The van der Waals surface area contributed by atoms with E-state index in [9.17, 15) is 4.79 Å². The zero-order chi connectivity index (χ0) is 14.9. The second kappa shape index (κ2) is 5.98. The highest BCUT2D eigenvalue weighted by atomic mass is 35.5. The summed E-state index contributed by atoms with van der Waals surface area (Å²) in [7, 11) is 1.59. The van der Waals surface area contributed by atoms with E-state index in [1.54, 1.807) is 25.3 Å². The molecule has 0 N–H and O–H groups in total. The first-order valence-electron chi connectivity index (χ1n) is 7.65. The monoisotopic (exact) mass is 308 g/mol.